The van der Waals surface area contributed by atoms with E-state index < -0.39 is 5.60 Å². The monoisotopic (exact) mass is 472 g/mol. The average Bonchev–Trinajstić information content (AvgIpc) is 2.79. The maximum atomic E-state index is 13.7. The van der Waals surface area contributed by atoms with Crippen molar-refractivity contribution in [3.8, 4) is 11.1 Å². The second-order valence-electron chi connectivity index (χ2n) is 8.91. The lowest BCUT2D eigenvalue weighted by Gasteiger charge is -2.32. The number of aromatic nitrogens is 1. The molecule has 0 saturated carbocycles. The Hall–Kier alpha value is -2.70. The van der Waals surface area contributed by atoms with E-state index in [2.05, 4.69) is 4.98 Å². The molecule has 1 fully saturated rings. The molecular formula is C26H30ClFN2O3. The predicted octanol–water partition coefficient (Wildman–Crippen LogP) is 6.73. The summed E-state index contributed by atoms with van der Waals surface area (Å²) in [5.41, 5.74) is 1.73. The Morgan fingerprint density at radius 2 is 1.82 bits per heavy atom. The number of hydrogen-bond acceptors (Lipinski definition) is 4. The molecule has 0 unspecified atom stereocenters. The van der Waals surface area contributed by atoms with Gasteiger partial charge in [-0.05, 0) is 57.4 Å². The molecule has 1 aliphatic heterocycles. The Kier molecular flexibility index (Phi) is 8.27. The van der Waals surface area contributed by atoms with E-state index in [1.165, 1.54) is 6.07 Å². The van der Waals surface area contributed by atoms with E-state index in [1.807, 2.05) is 45.0 Å². The maximum absolute atomic E-state index is 13.7. The van der Waals surface area contributed by atoms with Gasteiger partial charge in [0.1, 0.15) is 11.4 Å². The molecule has 0 atom stereocenters. The van der Waals surface area contributed by atoms with Crippen LogP contribution < -0.4 is 0 Å². The Balaban J connectivity index is 0.000000190. The molecule has 1 saturated heterocycles. The molecule has 33 heavy (non-hydrogen) atoms. The van der Waals surface area contributed by atoms with Gasteiger partial charge in [0.25, 0.3) is 0 Å². The van der Waals surface area contributed by atoms with Crippen molar-refractivity contribution in [1.29, 1.82) is 0 Å². The van der Waals surface area contributed by atoms with Gasteiger partial charge in [-0.15, -0.1) is 0 Å². The number of carbonyl (C=O) groups excluding carboxylic acids is 1. The molecule has 1 aliphatic rings. The van der Waals surface area contributed by atoms with Crippen LogP contribution in [0.15, 0.2) is 54.7 Å². The largest absolute Gasteiger partial charge is 0.444 e. The summed E-state index contributed by atoms with van der Waals surface area (Å²) in [6.07, 6.45) is 3.53. The van der Waals surface area contributed by atoms with E-state index in [1.54, 1.807) is 36.4 Å². The van der Waals surface area contributed by atoms with Crippen LogP contribution in [0.5, 0.6) is 0 Å². The summed E-state index contributed by atoms with van der Waals surface area (Å²) < 4.78 is 24.2. The van der Waals surface area contributed by atoms with Crippen LogP contribution in [0.4, 0.5) is 9.18 Å². The lowest BCUT2D eigenvalue weighted by Crippen LogP contribution is -2.43. The summed E-state index contributed by atoms with van der Waals surface area (Å²) in [6, 6.07) is 14.0. The summed E-state index contributed by atoms with van der Waals surface area (Å²) in [5, 5.41) is 1.53. The van der Waals surface area contributed by atoms with Crippen molar-refractivity contribution in [2.75, 3.05) is 20.2 Å². The van der Waals surface area contributed by atoms with Gasteiger partial charge in [0.15, 0.2) is 0 Å². The lowest BCUT2D eigenvalue weighted by atomic mass is 10.0. The van der Waals surface area contributed by atoms with Crippen LogP contribution in [0, 0.1) is 5.82 Å². The van der Waals surface area contributed by atoms with Crippen molar-refractivity contribution in [2.45, 2.75) is 45.3 Å². The minimum absolute atomic E-state index is 0.211. The Labute approximate surface area is 199 Å². The van der Waals surface area contributed by atoms with Gasteiger partial charge in [0, 0.05) is 37.3 Å². The van der Waals surface area contributed by atoms with E-state index in [4.69, 9.17) is 21.1 Å². The molecule has 3 aromatic rings. The molecule has 0 aliphatic carbocycles. The van der Waals surface area contributed by atoms with Crippen LogP contribution in [0.25, 0.3) is 22.0 Å². The number of methoxy groups -OCH3 is 1. The molecule has 5 nitrogen and oxygen atoms in total. The van der Waals surface area contributed by atoms with E-state index in [-0.39, 0.29) is 11.9 Å². The van der Waals surface area contributed by atoms with Crippen LogP contribution in [0.3, 0.4) is 0 Å². The standard InChI is InChI=1S/C15H9ClFN.C11H21NO3/c16-13-7-8-18-15-9-10(5-6-12(13)15)11-3-1-2-4-14(11)17;1-11(2,3)15-10(13)12-7-5-9(14-4)6-8-12/h1-9H;9H,5-8H2,1-4H3. The van der Waals surface area contributed by atoms with Crippen LogP contribution in [-0.2, 0) is 9.47 Å². The van der Waals surface area contributed by atoms with Gasteiger partial charge >= 0.3 is 6.09 Å². The number of piperidine rings is 1. The van der Waals surface area contributed by atoms with Gasteiger partial charge in [-0.1, -0.05) is 41.9 Å². The third-order valence-corrected chi connectivity index (χ3v) is 5.63. The molecule has 0 N–H and O–H groups in total. The summed E-state index contributed by atoms with van der Waals surface area (Å²) in [7, 11) is 1.72. The maximum Gasteiger partial charge on any atom is 0.410 e. The molecule has 2 aromatic carbocycles. The topological polar surface area (TPSA) is 51.7 Å². The molecule has 1 amide bonds. The number of rotatable bonds is 2. The average molecular weight is 473 g/mol. The number of ether oxygens (including phenoxy) is 2. The first-order chi connectivity index (χ1) is 15.7. The molecule has 2 heterocycles. The zero-order chi connectivity index (χ0) is 24.0. The zero-order valence-corrected chi connectivity index (χ0v) is 20.2. The van der Waals surface area contributed by atoms with Crippen molar-refractivity contribution < 1.29 is 18.7 Å². The van der Waals surface area contributed by atoms with Gasteiger partial charge in [-0.25, -0.2) is 9.18 Å². The number of fused-ring (bicyclic) bond motifs is 1. The normalized spacial score (nSPS) is 14.5. The second-order valence-corrected chi connectivity index (χ2v) is 9.31. The van der Waals surface area contributed by atoms with Crippen molar-refractivity contribution in [3.63, 3.8) is 0 Å². The highest BCUT2D eigenvalue weighted by molar-refractivity contribution is 6.35. The smallest absolute Gasteiger partial charge is 0.410 e. The zero-order valence-electron chi connectivity index (χ0n) is 19.5. The summed E-state index contributed by atoms with van der Waals surface area (Å²) >= 11 is 6.07. The number of amides is 1. The number of pyridine rings is 1. The van der Waals surface area contributed by atoms with E-state index in [0.29, 0.717) is 16.7 Å². The molecule has 7 heteroatoms. The Morgan fingerprint density at radius 3 is 2.45 bits per heavy atom. The van der Waals surface area contributed by atoms with Crippen LogP contribution >= 0.6 is 11.6 Å². The minimum Gasteiger partial charge on any atom is -0.444 e. The van der Waals surface area contributed by atoms with Crippen molar-refractivity contribution in [2.24, 2.45) is 0 Å². The second kappa shape index (κ2) is 10.9. The van der Waals surface area contributed by atoms with Crippen molar-refractivity contribution in [3.05, 3.63) is 65.6 Å². The molecule has 1 aromatic heterocycles. The molecule has 4 rings (SSSR count). The van der Waals surface area contributed by atoms with E-state index in [9.17, 15) is 9.18 Å². The molecule has 0 radical (unpaired) electrons. The first-order valence-electron chi connectivity index (χ1n) is 11.0. The Bertz CT molecular complexity index is 1090. The third kappa shape index (κ3) is 6.89. The number of carbonyl (C=O) groups is 1. The van der Waals surface area contributed by atoms with Gasteiger partial charge in [-0.3, -0.25) is 4.98 Å². The number of benzene rings is 2. The first kappa shape index (κ1) is 24.9. The number of halogens is 2. The van der Waals surface area contributed by atoms with Gasteiger partial charge in [0.2, 0.25) is 0 Å². The fourth-order valence-corrected chi connectivity index (χ4v) is 3.79. The first-order valence-corrected chi connectivity index (χ1v) is 11.4. The highest BCUT2D eigenvalue weighted by Crippen LogP contribution is 2.28. The number of hydrogen-bond donors (Lipinski definition) is 0. The molecule has 176 valence electrons. The summed E-state index contributed by atoms with van der Waals surface area (Å²) in [5.74, 6) is -0.237. The van der Waals surface area contributed by atoms with Gasteiger partial charge in [-0.2, -0.15) is 0 Å². The number of nitrogens with zero attached hydrogens (tertiary/aromatic N) is 2. The van der Waals surface area contributed by atoms with Crippen molar-refractivity contribution >= 4 is 28.6 Å². The van der Waals surface area contributed by atoms with Crippen LogP contribution in [-0.4, -0.2) is 47.9 Å². The van der Waals surface area contributed by atoms with Crippen molar-refractivity contribution in [1.82, 2.24) is 9.88 Å². The minimum atomic E-state index is -0.408. The van der Waals surface area contributed by atoms with Crippen LogP contribution in [0.1, 0.15) is 33.6 Å². The number of likely N-dealkylation sites (tertiary alicyclic amines) is 1. The fraction of sp³-hybridized carbons (Fsp3) is 0.385. The highest BCUT2D eigenvalue weighted by atomic mass is 35.5. The summed E-state index contributed by atoms with van der Waals surface area (Å²) in [4.78, 5) is 17.7. The SMILES string of the molecule is COC1CCN(C(=O)OC(C)(C)C)CC1.Fc1ccccc1-c1ccc2c(Cl)ccnc2c1. The van der Waals surface area contributed by atoms with Crippen LogP contribution in [0.2, 0.25) is 5.02 Å². The molecule has 0 bridgehead atoms. The Morgan fingerprint density at radius 1 is 1.12 bits per heavy atom. The predicted molar refractivity (Wildman–Crippen MR) is 130 cm³/mol. The lowest BCUT2D eigenvalue weighted by molar-refractivity contribution is 0.00173. The van der Waals surface area contributed by atoms with Gasteiger partial charge in [0.05, 0.1) is 16.6 Å². The third-order valence-electron chi connectivity index (χ3n) is 5.30. The fourth-order valence-electron chi connectivity index (χ4n) is 3.58. The molecular weight excluding hydrogens is 443 g/mol. The molecule has 0 spiro atoms. The summed E-state index contributed by atoms with van der Waals surface area (Å²) in [6.45, 7) is 7.10. The quantitative estimate of drug-likeness (QED) is 0.415. The van der Waals surface area contributed by atoms with E-state index >= 15 is 0 Å². The highest BCUT2D eigenvalue weighted by Gasteiger charge is 2.26. The van der Waals surface area contributed by atoms with Gasteiger partial charge < -0.3 is 14.4 Å². The van der Waals surface area contributed by atoms with E-state index in [0.717, 1.165) is 42.4 Å².